The minimum atomic E-state index is -0.792. The number of carbonyl (C=O) groups is 2. The molecule has 0 aromatic rings. The third-order valence-corrected chi connectivity index (χ3v) is 4.88. The summed E-state index contributed by atoms with van der Waals surface area (Å²) in [5.74, 6) is -0.246. The van der Waals surface area contributed by atoms with E-state index in [-0.39, 0.29) is 12.5 Å². The van der Waals surface area contributed by atoms with Crippen LogP contribution in [0.4, 0.5) is 0 Å². The summed E-state index contributed by atoms with van der Waals surface area (Å²) >= 11 is 0. The lowest BCUT2D eigenvalue weighted by Crippen LogP contribution is -2.54. The van der Waals surface area contributed by atoms with Crippen molar-refractivity contribution >= 4 is 11.9 Å². The molecule has 6 heteroatoms. The number of piperazine rings is 1. The second-order valence-corrected chi connectivity index (χ2v) is 6.31. The normalized spacial score (nSPS) is 28.6. The molecule has 6 nitrogen and oxygen atoms in total. The van der Waals surface area contributed by atoms with Crippen LogP contribution in [0.25, 0.3) is 0 Å². The monoisotopic (exact) mass is 297 g/mol. The molecule has 0 spiro atoms. The van der Waals surface area contributed by atoms with Gasteiger partial charge in [-0.2, -0.15) is 0 Å². The fourth-order valence-corrected chi connectivity index (χ4v) is 3.23. The van der Waals surface area contributed by atoms with E-state index in [0.29, 0.717) is 12.3 Å². The number of hydrogen-bond acceptors (Lipinski definition) is 4. The molecule has 21 heavy (non-hydrogen) atoms. The largest absolute Gasteiger partial charge is 0.480 e. The number of aliphatic carboxylic acids is 1. The Hall–Kier alpha value is -1.14. The Balaban J connectivity index is 1.91. The third kappa shape index (κ3) is 4.17. The molecule has 0 aromatic heterocycles. The van der Waals surface area contributed by atoms with Crippen molar-refractivity contribution in [3.63, 3.8) is 0 Å². The van der Waals surface area contributed by atoms with Crippen molar-refractivity contribution in [2.45, 2.75) is 32.2 Å². The van der Waals surface area contributed by atoms with Crippen LogP contribution in [0.15, 0.2) is 0 Å². The van der Waals surface area contributed by atoms with Crippen LogP contribution in [-0.4, -0.2) is 84.0 Å². The van der Waals surface area contributed by atoms with E-state index >= 15 is 0 Å². The molecule has 2 unspecified atom stereocenters. The Morgan fingerprint density at radius 1 is 1.14 bits per heavy atom. The first-order chi connectivity index (χ1) is 10.0. The average Bonchev–Trinajstić information content (AvgIpc) is 2.48. The number of carboxylic acids is 1. The van der Waals surface area contributed by atoms with Gasteiger partial charge in [0.1, 0.15) is 6.04 Å². The first kappa shape index (κ1) is 16.2. The van der Waals surface area contributed by atoms with Crippen LogP contribution in [0.2, 0.25) is 0 Å². The summed E-state index contributed by atoms with van der Waals surface area (Å²) in [5.41, 5.74) is 0. The molecular weight excluding hydrogens is 270 g/mol. The second kappa shape index (κ2) is 7.22. The van der Waals surface area contributed by atoms with Crippen LogP contribution in [0.3, 0.4) is 0 Å². The van der Waals surface area contributed by atoms with Crippen molar-refractivity contribution in [3.05, 3.63) is 0 Å². The van der Waals surface area contributed by atoms with Gasteiger partial charge in [0.05, 0.1) is 6.54 Å². The van der Waals surface area contributed by atoms with Crippen LogP contribution < -0.4 is 0 Å². The number of piperidine rings is 1. The molecule has 0 aliphatic carbocycles. The van der Waals surface area contributed by atoms with Gasteiger partial charge < -0.3 is 14.9 Å². The predicted octanol–water partition coefficient (Wildman–Crippen LogP) is 0.336. The summed E-state index contributed by atoms with van der Waals surface area (Å²) < 4.78 is 0. The minimum Gasteiger partial charge on any atom is -0.480 e. The molecule has 2 rings (SSSR count). The quantitative estimate of drug-likeness (QED) is 0.810. The lowest BCUT2D eigenvalue weighted by Gasteiger charge is -2.38. The number of hydrogen-bond donors (Lipinski definition) is 1. The van der Waals surface area contributed by atoms with Crippen molar-refractivity contribution in [3.8, 4) is 0 Å². The summed E-state index contributed by atoms with van der Waals surface area (Å²) in [6.07, 6.45) is 2.68. The topological polar surface area (TPSA) is 64.1 Å². The first-order valence-corrected chi connectivity index (χ1v) is 7.94. The van der Waals surface area contributed by atoms with E-state index in [1.165, 1.54) is 0 Å². The van der Waals surface area contributed by atoms with E-state index in [9.17, 15) is 14.7 Å². The number of carbonyl (C=O) groups excluding carboxylic acids is 1. The summed E-state index contributed by atoms with van der Waals surface area (Å²) in [4.78, 5) is 29.7. The maximum atomic E-state index is 12.4. The zero-order valence-electron chi connectivity index (χ0n) is 13.1. The Kier molecular flexibility index (Phi) is 5.58. The number of carboxylic acid groups (broad SMARTS) is 1. The summed E-state index contributed by atoms with van der Waals surface area (Å²) in [6, 6.07) is -0.500. The van der Waals surface area contributed by atoms with Gasteiger partial charge in [-0.1, -0.05) is 13.3 Å². The van der Waals surface area contributed by atoms with Crippen LogP contribution in [0.1, 0.15) is 26.2 Å². The van der Waals surface area contributed by atoms with Gasteiger partial charge in [-0.25, -0.2) is 0 Å². The molecule has 1 amide bonds. The van der Waals surface area contributed by atoms with E-state index in [1.807, 2.05) is 9.80 Å². The molecule has 2 saturated heterocycles. The highest BCUT2D eigenvalue weighted by Crippen LogP contribution is 2.25. The van der Waals surface area contributed by atoms with E-state index in [0.717, 1.165) is 45.6 Å². The van der Waals surface area contributed by atoms with Crippen LogP contribution in [-0.2, 0) is 9.59 Å². The molecule has 1 N–H and O–H groups in total. The fourth-order valence-electron chi connectivity index (χ4n) is 3.23. The van der Waals surface area contributed by atoms with Crippen molar-refractivity contribution in [2.75, 3.05) is 46.3 Å². The van der Waals surface area contributed by atoms with E-state index < -0.39 is 12.0 Å². The highest BCUT2D eigenvalue weighted by molar-refractivity contribution is 5.80. The maximum absolute atomic E-state index is 12.4. The Morgan fingerprint density at radius 2 is 1.81 bits per heavy atom. The molecule has 0 radical (unpaired) electrons. The van der Waals surface area contributed by atoms with Crippen LogP contribution in [0, 0.1) is 5.92 Å². The van der Waals surface area contributed by atoms with Gasteiger partial charge in [-0.05, 0) is 32.4 Å². The van der Waals surface area contributed by atoms with Gasteiger partial charge in [0.15, 0.2) is 0 Å². The van der Waals surface area contributed by atoms with Crippen molar-refractivity contribution in [1.29, 1.82) is 0 Å². The average molecular weight is 297 g/mol. The van der Waals surface area contributed by atoms with E-state index in [1.54, 1.807) is 0 Å². The minimum absolute atomic E-state index is 0.0734. The Bertz CT molecular complexity index is 380. The van der Waals surface area contributed by atoms with Gasteiger partial charge in [-0.3, -0.25) is 14.5 Å². The van der Waals surface area contributed by atoms with Gasteiger partial charge in [0.2, 0.25) is 5.91 Å². The SMILES string of the molecule is CCC1CCN(CC(=O)N2CCN(C)CC2)C(C(=O)O)C1. The highest BCUT2D eigenvalue weighted by Gasteiger charge is 2.34. The van der Waals surface area contributed by atoms with Crippen molar-refractivity contribution in [1.82, 2.24) is 14.7 Å². The molecule has 2 aliphatic rings. The highest BCUT2D eigenvalue weighted by atomic mass is 16.4. The van der Waals surface area contributed by atoms with Gasteiger partial charge in [0, 0.05) is 26.2 Å². The van der Waals surface area contributed by atoms with Gasteiger partial charge >= 0.3 is 5.97 Å². The van der Waals surface area contributed by atoms with Crippen molar-refractivity contribution < 1.29 is 14.7 Å². The number of amides is 1. The molecule has 120 valence electrons. The molecule has 0 aromatic carbocycles. The summed E-state index contributed by atoms with van der Waals surface area (Å²) in [7, 11) is 2.05. The zero-order chi connectivity index (χ0) is 15.4. The fraction of sp³-hybridized carbons (Fsp3) is 0.867. The summed E-state index contributed by atoms with van der Waals surface area (Å²) in [6.45, 7) is 6.36. The van der Waals surface area contributed by atoms with Crippen LogP contribution in [0.5, 0.6) is 0 Å². The molecule has 0 bridgehead atoms. The smallest absolute Gasteiger partial charge is 0.320 e. The number of nitrogens with zero attached hydrogens (tertiary/aromatic N) is 3. The second-order valence-electron chi connectivity index (χ2n) is 6.31. The van der Waals surface area contributed by atoms with Gasteiger partial charge in [0.25, 0.3) is 0 Å². The maximum Gasteiger partial charge on any atom is 0.320 e. The lowest BCUT2D eigenvalue weighted by molar-refractivity contribution is -0.147. The standard InChI is InChI=1S/C15H27N3O3/c1-3-12-4-5-18(13(10-12)15(20)21)11-14(19)17-8-6-16(2)7-9-17/h12-13H,3-11H2,1-2H3,(H,20,21). The number of likely N-dealkylation sites (N-methyl/N-ethyl adjacent to an activating group) is 1. The van der Waals surface area contributed by atoms with E-state index in [4.69, 9.17) is 0 Å². The van der Waals surface area contributed by atoms with Crippen LogP contribution >= 0.6 is 0 Å². The van der Waals surface area contributed by atoms with E-state index in [2.05, 4.69) is 18.9 Å². The van der Waals surface area contributed by atoms with Crippen molar-refractivity contribution in [2.24, 2.45) is 5.92 Å². The lowest BCUT2D eigenvalue weighted by atomic mass is 9.89. The zero-order valence-corrected chi connectivity index (χ0v) is 13.1. The number of likely N-dealkylation sites (tertiary alicyclic amines) is 1. The molecule has 2 aliphatic heterocycles. The van der Waals surface area contributed by atoms with Gasteiger partial charge in [-0.15, -0.1) is 0 Å². The third-order valence-electron chi connectivity index (χ3n) is 4.88. The molecule has 2 fully saturated rings. The molecule has 0 saturated carbocycles. The number of rotatable bonds is 4. The summed E-state index contributed by atoms with van der Waals surface area (Å²) in [5, 5.41) is 9.41. The molecule has 2 atom stereocenters. The molecule has 2 heterocycles. The predicted molar refractivity (Wildman–Crippen MR) is 80.1 cm³/mol. The Labute approximate surface area is 126 Å². The first-order valence-electron chi connectivity index (χ1n) is 7.94. The molecular formula is C15H27N3O3. The Morgan fingerprint density at radius 3 is 2.38 bits per heavy atom.